The molecule has 0 radical (unpaired) electrons. The highest BCUT2D eigenvalue weighted by Crippen LogP contribution is 2.38. The Morgan fingerprint density at radius 3 is 2.00 bits per heavy atom. The van der Waals surface area contributed by atoms with Gasteiger partial charge in [-0.1, -0.05) is 0 Å². The van der Waals surface area contributed by atoms with E-state index in [1.54, 1.807) is 0 Å². The van der Waals surface area contributed by atoms with Gasteiger partial charge < -0.3 is 65.9 Å². The van der Waals surface area contributed by atoms with Crippen LogP contribution >= 0.6 is 7.82 Å². The summed E-state index contributed by atoms with van der Waals surface area (Å²) >= 11 is 0. The normalized spacial score (nSPS) is 44.3. The van der Waals surface area contributed by atoms with Crippen LogP contribution in [0.25, 0.3) is 0 Å². The zero-order valence-corrected chi connectivity index (χ0v) is 15.4. The predicted molar refractivity (Wildman–Crippen MR) is 84.6 cm³/mol. The summed E-state index contributed by atoms with van der Waals surface area (Å²) in [7, 11) is -4.93. The SMILES string of the molecule is N.O=P(O)(O)OC[C@H]1O[C@H](O[C@]2(CO)O[C@H](CO)[C@@H](O)[C@@H]2O)[C@H](O)[C@@H](O)[C@@H]1O. The second-order valence-corrected chi connectivity index (χ2v) is 7.40. The van der Waals surface area contributed by atoms with Gasteiger partial charge in [0.05, 0.1) is 13.2 Å². The lowest BCUT2D eigenvalue weighted by Crippen LogP contribution is -2.62. The van der Waals surface area contributed by atoms with E-state index in [0.29, 0.717) is 0 Å². The van der Waals surface area contributed by atoms with Crippen molar-refractivity contribution in [1.82, 2.24) is 6.15 Å². The molecule has 0 aromatic carbocycles. The van der Waals surface area contributed by atoms with Crippen molar-refractivity contribution in [3.63, 3.8) is 0 Å². The molecule has 0 amide bonds. The zero-order valence-electron chi connectivity index (χ0n) is 14.5. The van der Waals surface area contributed by atoms with E-state index in [-0.39, 0.29) is 6.15 Å². The van der Waals surface area contributed by atoms with E-state index in [1.807, 2.05) is 0 Å². The molecule has 15 nitrogen and oxygen atoms in total. The Balaban J connectivity index is 0.00000392. The molecule has 0 aliphatic carbocycles. The second-order valence-electron chi connectivity index (χ2n) is 6.16. The van der Waals surface area contributed by atoms with Crippen LogP contribution in [0, 0.1) is 0 Å². The molecule has 0 saturated carbocycles. The summed E-state index contributed by atoms with van der Waals surface area (Å²) < 4.78 is 30.4. The van der Waals surface area contributed by atoms with Crippen LogP contribution < -0.4 is 6.15 Å². The van der Waals surface area contributed by atoms with E-state index < -0.39 is 82.4 Å². The minimum Gasteiger partial charge on any atom is -0.394 e. The largest absolute Gasteiger partial charge is 0.469 e. The number of hydrogen-bond acceptors (Lipinski definition) is 13. The number of ether oxygens (including phenoxy) is 3. The van der Waals surface area contributed by atoms with Gasteiger partial charge in [-0.3, -0.25) is 4.52 Å². The first-order valence-corrected chi connectivity index (χ1v) is 9.32. The monoisotopic (exact) mass is 439 g/mol. The number of phosphoric acid groups is 1. The lowest BCUT2D eigenvalue weighted by Gasteiger charge is -2.43. The Hall–Kier alpha value is -0.330. The fourth-order valence-electron chi connectivity index (χ4n) is 2.79. The number of aliphatic hydroxyl groups is 7. The maximum atomic E-state index is 10.8. The number of rotatable bonds is 7. The molecule has 0 bridgehead atoms. The topological polar surface area (TPSA) is 271 Å². The fourth-order valence-corrected chi connectivity index (χ4v) is 3.13. The number of hydrogen-bond donors (Lipinski definition) is 10. The summed E-state index contributed by atoms with van der Waals surface area (Å²) in [4.78, 5) is 17.4. The van der Waals surface area contributed by atoms with Crippen molar-refractivity contribution >= 4 is 7.82 Å². The van der Waals surface area contributed by atoms with Crippen LogP contribution in [0.4, 0.5) is 0 Å². The van der Waals surface area contributed by atoms with Gasteiger partial charge in [-0.05, 0) is 0 Å². The van der Waals surface area contributed by atoms with Crippen molar-refractivity contribution in [2.45, 2.75) is 54.8 Å². The summed E-state index contributed by atoms with van der Waals surface area (Å²) in [5, 5.41) is 68.3. The quantitative estimate of drug-likeness (QED) is 0.166. The summed E-state index contributed by atoms with van der Waals surface area (Å²) in [5.74, 6) is -2.35. The van der Waals surface area contributed by atoms with Crippen LogP contribution in [-0.4, -0.2) is 120 Å². The van der Waals surface area contributed by atoms with E-state index in [2.05, 4.69) is 4.52 Å². The van der Waals surface area contributed by atoms with Crippen molar-refractivity contribution in [3.8, 4) is 0 Å². The van der Waals surface area contributed by atoms with Crippen LogP contribution in [-0.2, 0) is 23.3 Å². The average molecular weight is 439 g/mol. The number of phosphoric ester groups is 1. The molecule has 2 aliphatic rings. The maximum Gasteiger partial charge on any atom is 0.469 e. The van der Waals surface area contributed by atoms with Crippen LogP contribution in [0.3, 0.4) is 0 Å². The lowest BCUT2D eigenvalue weighted by molar-refractivity contribution is -0.383. The third-order valence-corrected chi connectivity index (χ3v) is 4.78. The van der Waals surface area contributed by atoms with Gasteiger partial charge >= 0.3 is 7.82 Å². The Morgan fingerprint density at radius 1 is 0.929 bits per heavy atom. The van der Waals surface area contributed by atoms with Crippen LogP contribution in [0.5, 0.6) is 0 Å². The van der Waals surface area contributed by atoms with Crippen molar-refractivity contribution in [2.24, 2.45) is 0 Å². The van der Waals surface area contributed by atoms with Gasteiger partial charge in [0.2, 0.25) is 5.79 Å². The molecule has 168 valence electrons. The average Bonchev–Trinajstić information content (AvgIpc) is 2.85. The molecule has 2 fully saturated rings. The van der Waals surface area contributed by atoms with Crippen LogP contribution in [0.15, 0.2) is 0 Å². The van der Waals surface area contributed by atoms with Gasteiger partial charge in [-0.2, -0.15) is 0 Å². The highest BCUT2D eigenvalue weighted by molar-refractivity contribution is 7.46. The first-order valence-electron chi connectivity index (χ1n) is 7.79. The predicted octanol–water partition coefficient (Wildman–Crippen LogP) is -5.12. The first kappa shape index (κ1) is 25.7. The molecule has 12 N–H and O–H groups in total. The first-order chi connectivity index (χ1) is 12.5. The van der Waals surface area contributed by atoms with Crippen molar-refractivity contribution in [1.29, 1.82) is 0 Å². The molecule has 2 rings (SSSR count). The maximum absolute atomic E-state index is 10.8. The molecule has 0 spiro atoms. The van der Waals surface area contributed by atoms with Crippen LogP contribution in [0.2, 0.25) is 0 Å². The minimum absolute atomic E-state index is 0. The molecule has 0 aromatic rings. The van der Waals surface area contributed by atoms with Crippen molar-refractivity contribution < 1.29 is 68.8 Å². The van der Waals surface area contributed by atoms with E-state index in [0.717, 1.165) is 0 Å². The molecular formula is C12H26NO14P. The summed E-state index contributed by atoms with van der Waals surface area (Å²) in [6, 6.07) is 0. The highest BCUT2D eigenvalue weighted by Gasteiger charge is 2.58. The molecule has 9 atom stereocenters. The molecule has 16 heteroatoms. The standard InChI is InChI=1S/C12H23O14P.H3N/c13-1-4-7(16)10(19)12(3-14,25-4)26-11-9(18)8(17)6(15)5(24-11)2-23-27(20,21)22;/h4-11,13-19H,1-3H2,(H2,20,21,22);1H3/t4-,5-,6-,7-,8+,9-,10+,11-,12+;/m1./s1. The smallest absolute Gasteiger partial charge is 0.394 e. The third-order valence-electron chi connectivity index (χ3n) is 4.30. The Kier molecular flexibility index (Phi) is 8.86. The number of aliphatic hydroxyl groups excluding tert-OH is 7. The Morgan fingerprint density at radius 2 is 1.54 bits per heavy atom. The Labute approximate surface area is 158 Å². The van der Waals surface area contributed by atoms with Crippen molar-refractivity contribution in [3.05, 3.63) is 0 Å². The minimum atomic E-state index is -4.93. The molecule has 2 saturated heterocycles. The zero-order chi connectivity index (χ0) is 20.6. The molecule has 28 heavy (non-hydrogen) atoms. The summed E-state index contributed by atoms with van der Waals surface area (Å²) in [6.45, 7) is -2.69. The summed E-state index contributed by atoms with van der Waals surface area (Å²) in [6.07, 6.45) is -14.0. The van der Waals surface area contributed by atoms with E-state index >= 15 is 0 Å². The molecule has 2 heterocycles. The fraction of sp³-hybridized carbons (Fsp3) is 1.00. The van der Waals surface area contributed by atoms with Gasteiger partial charge in [0.1, 0.15) is 49.3 Å². The lowest BCUT2D eigenvalue weighted by atomic mass is 9.99. The molecule has 0 aromatic heterocycles. The van der Waals surface area contributed by atoms with Gasteiger partial charge in [-0.15, -0.1) is 0 Å². The van der Waals surface area contributed by atoms with Gasteiger partial charge in [0.25, 0.3) is 0 Å². The Bertz CT molecular complexity index is 548. The molecule has 2 aliphatic heterocycles. The van der Waals surface area contributed by atoms with Gasteiger partial charge in [0, 0.05) is 0 Å². The van der Waals surface area contributed by atoms with E-state index in [4.69, 9.17) is 29.1 Å². The van der Waals surface area contributed by atoms with E-state index in [1.165, 1.54) is 0 Å². The molecule has 0 unspecified atom stereocenters. The van der Waals surface area contributed by atoms with Crippen molar-refractivity contribution in [2.75, 3.05) is 19.8 Å². The summed E-state index contributed by atoms with van der Waals surface area (Å²) in [5.41, 5.74) is 0. The highest BCUT2D eigenvalue weighted by atomic mass is 31.2. The van der Waals surface area contributed by atoms with Crippen LogP contribution in [0.1, 0.15) is 0 Å². The van der Waals surface area contributed by atoms with Gasteiger partial charge in [-0.25, -0.2) is 4.57 Å². The second kappa shape index (κ2) is 9.65. The van der Waals surface area contributed by atoms with E-state index in [9.17, 15) is 35.2 Å². The molecular weight excluding hydrogens is 413 g/mol. The van der Waals surface area contributed by atoms with Gasteiger partial charge in [0.15, 0.2) is 6.29 Å². The third kappa shape index (κ3) is 5.23.